The molecule has 0 saturated heterocycles. The summed E-state index contributed by atoms with van der Waals surface area (Å²) in [6.45, 7) is 0. The number of hydrogen-bond donors (Lipinski definition) is 2. The molecule has 3 N–H and O–H groups in total. The van der Waals surface area contributed by atoms with Gasteiger partial charge in [0.1, 0.15) is 5.57 Å². The summed E-state index contributed by atoms with van der Waals surface area (Å²) < 4.78 is 37.0. The summed E-state index contributed by atoms with van der Waals surface area (Å²) in [5.74, 6) is -4.55. The average Bonchev–Trinajstić information content (AvgIpc) is 2.32. The molecule has 0 atom stereocenters. The first-order valence-corrected chi connectivity index (χ1v) is 6.07. The first kappa shape index (κ1) is 17.3. The summed E-state index contributed by atoms with van der Waals surface area (Å²) in [5, 5.41) is 9.09. The van der Waals surface area contributed by atoms with E-state index in [0.29, 0.717) is 5.56 Å². The van der Waals surface area contributed by atoms with E-state index >= 15 is 0 Å². The first-order chi connectivity index (χ1) is 9.54. The molecular formula is C12H8Cl2F3NO3. The smallest absolute Gasteiger partial charge is 0.455 e. The Morgan fingerprint density at radius 3 is 2.19 bits per heavy atom. The lowest BCUT2D eigenvalue weighted by molar-refractivity contribution is -0.168. The van der Waals surface area contributed by atoms with Crippen LogP contribution in [0.4, 0.5) is 13.2 Å². The van der Waals surface area contributed by atoms with Gasteiger partial charge >= 0.3 is 12.1 Å². The van der Waals surface area contributed by atoms with Crippen LogP contribution in [0.2, 0.25) is 10.0 Å². The molecule has 0 aliphatic rings. The Bertz CT molecular complexity index is 627. The predicted octanol–water partition coefficient (Wildman–Crippen LogP) is 2.96. The minimum Gasteiger partial charge on any atom is -0.477 e. The van der Waals surface area contributed by atoms with Crippen molar-refractivity contribution in [3.05, 3.63) is 45.1 Å². The van der Waals surface area contributed by atoms with Crippen molar-refractivity contribution in [3.8, 4) is 0 Å². The van der Waals surface area contributed by atoms with Crippen LogP contribution in [0.15, 0.2) is 29.5 Å². The molecule has 21 heavy (non-hydrogen) atoms. The van der Waals surface area contributed by atoms with Crippen molar-refractivity contribution in [1.82, 2.24) is 0 Å². The Kier molecular flexibility index (Phi) is 5.25. The SMILES string of the molecule is NC(Cc1ccc(Cl)c(Cl)c1)=C(C(=O)O)C(=O)C(F)(F)F. The van der Waals surface area contributed by atoms with Gasteiger partial charge in [-0.3, -0.25) is 4.79 Å². The van der Waals surface area contributed by atoms with Crippen LogP contribution < -0.4 is 5.73 Å². The lowest BCUT2D eigenvalue weighted by Crippen LogP contribution is -2.31. The second-order valence-electron chi connectivity index (χ2n) is 3.96. The van der Waals surface area contributed by atoms with Gasteiger partial charge in [0, 0.05) is 12.1 Å². The van der Waals surface area contributed by atoms with E-state index in [2.05, 4.69) is 0 Å². The normalized spacial score (nSPS) is 12.8. The Morgan fingerprint density at radius 2 is 1.76 bits per heavy atom. The number of aliphatic carboxylic acids is 1. The topological polar surface area (TPSA) is 80.4 Å². The molecule has 1 aromatic rings. The lowest BCUT2D eigenvalue weighted by Gasteiger charge is -2.10. The van der Waals surface area contributed by atoms with Gasteiger partial charge < -0.3 is 10.8 Å². The van der Waals surface area contributed by atoms with Gasteiger partial charge in [-0.15, -0.1) is 0 Å². The van der Waals surface area contributed by atoms with Gasteiger partial charge in [-0.05, 0) is 17.7 Å². The number of Topliss-reactive ketones (excluding diaryl/α,β-unsaturated/α-hetero) is 1. The number of carboxylic acids is 1. The highest BCUT2D eigenvalue weighted by Crippen LogP contribution is 2.25. The van der Waals surface area contributed by atoms with E-state index < -0.39 is 29.2 Å². The van der Waals surface area contributed by atoms with Crippen LogP contribution >= 0.6 is 23.2 Å². The summed E-state index contributed by atoms with van der Waals surface area (Å²) in [5.41, 5.74) is 3.43. The van der Waals surface area contributed by atoms with Crippen LogP contribution in [-0.2, 0) is 16.0 Å². The van der Waals surface area contributed by atoms with E-state index in [1.54, 1.807) is 0 Å². The molecule has 0 bridgehead atoms. The van der Waals surface area contributed by atoms with Crippen molar-refractivity contribution in [2.24, 2.45) is 5.73 Å². The number of hydrogen-bond acceptors (Lipinski definition) is 3. The van der Waals surface area contributed by atoms with Crippen molar-refractivity contribution < 1.29 is 27.9 Å². The molecule has 114 valence electrons. The van der Waals surface area contributed by atoms with E-state index in [9.17, 15) is 22.8 Å². The molecule has 9 heteroatoms. The summed E-state index contributed by atoms with van der Waals surface area (Å²) in [6, 6.07) is 4.09. The maximum Gasteiger partial charge on any atom is 0.455 e. The maximum absolute atomic E-state index is 12.3. The van der Waals surface area contributed by atoms with Crippen molar-refractivity contribution in [3.63, 3.8) is 0 Å². The van der Waals surface area contributed by atoms with Crippen molar-refractivity contribution in [2.45, 2.75) is 12.6 Å². The number of carbonyl (C=O) groups is 2. The Morgan fingerprint density at radius 1 is 1.19 bits per heavy atom. The van der Waals surface area contributed by atoms with Gasteiger partial charge in [0.2, 0.25) is 0 Å². The number of benzene rings is 1. The third kappa shape index (κ3) is 4.37. The highest BCUT2D eigenvalue weighted by Gasteiger charge is 2.44. The van der Waals surface area contributed by atoms with Gasteiger partial charge in [0.05, 0.1) is 10.0 Å². The molecule has 0 amide bonds. The molecule has 0 aliphatic heterocycles. The standard InChI is InChI=1S/C12H8Cl2F3NO3/c13-6-2-1-5(3-7(6)14)4-8(18)9(11(20)21)10(19)12(15,16)17/h1-3H,4,18H2,(H,20,21). The summed E-state index contributed by atoms with van der Waals surface area (Å²) in [6.07, 6.45) is -5.71. The van der Waals surface area contributed by atoms with Gasteiger partial charge in [-0.2, -0.15) is 13.2 Å². The van der Waals surface area contributed by atoms with E-state index in [1.807, 2.05) is 0 Å². The summed E-state index contributed by atoms with van der Waals surface area (Å²) in [7, 11) is 0. The number of carboxylic acid groups (broad SMARTS) is 1. The van der Waals surface area contributed by atoms with Crippen LogP contribution in [0.1, 0.15) is 5.56 Å². The van der Waals surface area contributed by atoms with E-state index in [4.69, 9.17) is 34.0 Å². The van der Waals surface area contributed by atoms with E-state index in [-0.39, 0.29) is 16.5 Å². The quantitative estimate of drug-likeness (QED) is 0.501. The zero-order chi connectivity index (χ0) is 16.4. The number of halogens is 5. The largest absolute Gasteiger partial charge is 0.477 e. The molecular weight excluding hydrogens is 334 g/mol. The highest BCUT2D eigenvalue weighted by atomic mass is 35.5. The Labute approximate surface area is 126 Å². The molecule has 0 radical (unpaired) electrons. The molecule has 0 fully saturated rings. The lowest BCUT2D eigenvalue weighted by atomic mass is 10.0. The number of alkyl halides is 3. The fraction of sp³-hybridized carbons (Fsp3) is 0.167. The van der Waals surface area contributed by atoms with Crippen LogP contribution in [0, 0.1) is 0 Å². The zero-order valence-electron chi connectivity index (χ0n) is 10.2. The predicted molar refractivity (Wildman–Crippen MR) is 70.1 cm³/mol. The van der Waals surface area contributed by atoms with Gasteiger partial charge in [0.25, 0.3) is 5.78 Å². The Hall–Kier alpha value is -1.73. The van der Waals surface area contributed by atoms with E-state index in [0.717, 1.165) is 0 Å². The molecule has 0 aliphatic carbocycles. The number of rotatable bonds is 4. The molecule has 0 spiro atoms. The fourth-order valence-corrected chi connectivity index (χ4v) is 1.80. The molecule has 4 nitrogen and oxygen atoms in total. The van der Waals surface area contributed by atoms with Crippen molar-refractivity contribution in [2.75, 3.05) is 0 Å². The monoisotopic (exact) mass is 341 g/mol. The summed E-state index contributed by atoms with van der Waals surface area (Å²) in [4.78, 5) is 21.9. The summed E-state index contributed by atoms with van der Waals surface area (Å²) >= 11 is 11.4. The van der Waals surface area contributed by atoms with Crippen LogP contribution in [0.25, 0.3) is 0 Å². The number of ketones is 1. The Balaban J connectivity index is 3.20. The van der Waals surface area contributed by atoms with Crippen molar-refractivity contribution >= 4 is 35.0 Å². The minimum atomic E-state index is -5.32. The third-order valence-corrected chi connectivity index (χ3v) is 3.14. The molecule has 0 aromatic heterocycles. The van der Waals surface area contributed by atoms with Crippen LogP contribution in [0.5, 0.6) is 0 Å². The van der Waals surface area contributed by atoms with Crippen LogP contribution in [-0.4, -0.2) is 23.0 Å². The number of nitrogens with two attached hydrogens (primary N) is 1. The molecule has 1 rings (SSSR count). The number of carbonyl (C=O) groups excluding carboxylic acids is 1. The maximum atomic E-state index is 12.3. The van der Waals surface area contributed by atoms with Gasteiger partial charge in [0.15, 0.2) is 0 Å². The van der Waals surface area contributed by atoms with E-state index in [1.165, 1.54) is 18.2 Å². The first-order valence-electron chi connectivity index (χ1n) is 5.31. The highest BCUT2D eigenvalue weighted by molar-refractivity contribution is 6.42. The average molecular weight is 342 g/mol. The molecule has 1 aromatic carbocycles. The molecule has 0 heterocycles. The van der Waals surface area contributed by atoms with Gasteiger partial charge in [-0.25, -0.2) is 4.79 Å². The molecule has 0 unspecified atom stereocenters. The zero-order valence-corrected chi connectivity index (χ0v) is 11.7. The third-order valence-electron chi connectivity index (χ3n) is 2.40. The minimum absolute atomic E-state index is 0.126. The van der Waals surface area contributed by atoms with Gasteiger partial charge in [-0.1, -0.05) is 29.3 Å². The number of allylic oxidation sites excluding steroid dienone is 1. The van der Waals surface area contributed by atoms with Crippen LogP contribution in [0.3, 0.4) is 0 Å². The second-order valence-corrected chi connectivity index (χ2v) is 4.77. The second kappa shape index (κ2) is 6.36. The van der Waals surface area contributed by atoms with Crippen molar-refractivity contribution in [1.29, 1.82) is 0 Å². The molecule has 0 saturated carbocycles. The fourth-order valence-electron chi connectivity index (χ4n) is 1.48.